The molecule has 3 heterocycles. The van der Waals surface area contributed by atoms with Crippen LogP contribution in [0.3, 0.4) is 0 Å². The van der Waals surface area contributed by atoms with E-state index in [9.17, 15) is 18.0 Å². The van der Waals surface area contributed by atoms with Crippen LogP contribution in [-0.2, 0) is 23.3 Å². The number of thiophene rings is 1. The average Bonchev–Trinajstić information content (AvgIpc) is 3.33. The highest BCUT2D eigenvalue weighted by atomic mass is 35.5. The van der Waals surface area contributed by atoms with Gasteiger partial charge in [-0.05, 0) is 49.4 Å². The van der Waals surface area contributed by atoms with E-state index in [1.807, 2.05) is 0 Å². The number of alkyl halides is 3. The Morgan fingerprint density at radius 3 is 2.44 bits per heavy atom. The normalized spacial score (nSPS) is 22.4. The van der Waals surface area contributed by atoms with Gasteiger partial charge in [0.1, 0.15) is 5.71 Å². The van der Waals surface area contributed by atoms with Crippen LogP contribution in [0.15, 0.2) is 23.4 Å². The van der Waals surface area contributed by atoms with Gasteiger partial charge in [0, 0.05) is 32.7 Å². The SMILES string of the molecule is O=C(NC1CSC1)Oc1sc(C2=NOC(c3cc(Cl)cc(Cl)c3)(C(F)(F)F)C2)c2c1CCCC2. The molecular weight excluding hydrogens is 532 g/mol. The van der Waals surface area contributed by atoms with Crippen molar-refractivity contribution in [1.29, 1.82) is 0 Å². The van der Waals surface area contributed by atoms with Crippen LogP contribution in [-0.4, -0.2) is 35.5 Å². The highest BCUT2D eigenvalue weighted by Gasteiger charge is 2.62. The lowest BCUT2D eigenvalue weighted by Crippen LogP contribution is -2.45. The molecule has 182 valence electrons. The fraction of sp³-hybridized carbons (Fsp3) is 0.455. The Balaban J connectivity index is 1.47. The number of halogens is 5. The average molecular weight is 551 g/mol. The van der Waals surface area contributed by atoms with Gasteiger partial charge in [-0.1, -0.05) is 39.7 Å². The predicted molar refractivity (Wildman–Crippen MR) is 128 cm³/mol. The summed E-state index contributed by atoms with van der Waals surface area (Å²) in [4.78, 5) is 18.1. The van der Waals surface area contributed by atoms with Crippen molar-refractivity contribution in [1.82, 2.24) is 5.32 Å². The second kappa shape index (κ2) is 9.11. The quantitative estimate of drug-likeness (QED) is 0.459. The molecule has 5 nitrogen and oxygen atoms in total. The molecule has 1 aliphatic carbocycles. The molecule has 1 aromatic heterocycles. The van der Waals surface area contributed by atoms with E-state index in [2.05, 4.69) is 10.5 Å². The van der Waals surface area contributed by atoms with Gasteiger partial charge in [0.25, 0.3) is 5.60 Å². The molecule has 5 rings (SSSR count). The first-order chi connectivity index (χ1) is 16.2. The molecule has 0 radical (unpaired) electrons. The van der Waals surface area contributed by atoms with Crippen molar-refractivity contribution in [2.75, 3.05) is 11.5 Å². The third-order valence-electron chi connectivity index (χ3n) is 6.11. The van der Waals surface area contributed by atoms with Gasteiger partial charge in [-0.3, -0.25) is 0 Å². The van der Waals surface area contributed by atoms with Crippen molar-refractivity contribution < 1.29 is 27.5 Å². The minimum absolute atomic E-state index is 0.0724. The van der Waals surface area contributed by atoms with Crippen LogP contribution in [0.4, 0.5) is 18.0 Å². The second-order valence-electron chi connectivity index (χ2n) is 8.44. The molecule has 0 saturated carbocycles. The van der Waals surface area contributed by atoms with Crippen molar-refractivity contribution in [2.45, 2.75) is 49.9 Å². The van der Waals surface area contributed by atoms with Crippen molar-refractivity contribution in [3.8, 4) is 5.06 Å². The van der Waals surface area contributed by atoms with E-state index >= 15 is 0 Å². The van der Waals surface area contributed by atoms with Crippen LogP contribution in [0.25, 0.3) is 0 Å². The molecule has 1 N–H and O–H groups in total. The molecule has 1 saturated heterocycles. The van der Waals surface area contributed by atoms with Crippen LogP contribution in [0, 0.1) is 0 Å². The molecule has 1 fully saturated rings. The summed E-state index contributed by atoms with van der Waals surface area (Å²) in [6, 6.07) is 3.83. The molecule has 34 heavy (non-hydrogen) atoms. The number of oxime groups is 1. The summed E-state index contributed by atoms with van der Waals surface area (Å²) < 4.78 is 48.7. The Hall–Kier alpha value is -1.62. The molecule has 1 aromatic carbocycles. The van der Waals surface area contributed by atoms with Gasteiger partial charge >= 0.3 is 12.3 Å². The van der Waals surface area contributed by atoms with E-state index in [1.54, 1.807) is 11.8 Å². The van der Waals surface area contributed by atoms with Crippen LogP contribution >= 0.6 is 46.3 Å². The summed E-state index contributed by atoms with van der Waals surface area (Å²) in [5.74, 6) is 1.67. The Morgan fingerprint density at radius 1 is 1.15 bits per heavy atom. The summed E-state index contributed by atoms with van der Waals surface area (Å²) in [6.07, 6.45) is -2.69. The number of ether oxygens (including phenoxy) is 1. The number of carbonyl (C=O) groups is 1. The summed E-state index contributed by atoms with van der Waals surface area (Å²) in [5.41, 5.74) is -1.01. The van der Waals surface area contributed by atoms with Gasteiger partial charge < -0.3 is 14.9 Å². The summed E-state index contributed by atoms with van der Waals surface area (Å²) >= 11 is 14.9. The van der Waals surface area contributed by atoms with Crippen molar-refractivity contribution in [3.05, 3.63) is 49.8 Å². The van der Waals surface area contributed by atoms with Gasteiger partial charge in [0.05, 0.1) is 17.3 Å². The third kappa shape index (κ3) is 4.38. The van der Waals surface area contributed by atoms with Gasteiger partial charge in [-0.15, -0.1) is 0 Å². The maximum absolute atomic E-state index is 14.4. The number of hydrogen-bond donors (Lipinski definition) is 1. The fourth-order valence-corrected chi connectivity index (χ4v) is 6.72. The monoisotopic (exact) mass is 550 g/mol. The lowest BCUT2D eigenvalue weighted by molar-refractivity contribution is -0.275. The molecule has 1 atom stereocenters. The fourth-order valence-electron chi connectivity index (χ4n) is 4.32. The number of carbonyl (C=O) groups excluding carboxylic acids is 1. The number of amides is 1. The number of fused-ring (bicyclic) bond motifs is 1. The Labute approximate surface area is 212 Å². The van der Waals surface area contributed by atoms with Gasteiger partial charge in [-0.25, -0.2) is 4.79 Å². The molecule has 1 unspecified atom stereocenters. The van der Waals surface area contributed by atoms with Crippen LogP contribution in [0.2, 0.25) is 10.0 Å². The van der Waals surface area contributed by atoms with E-state index in [1.165, 1.54) is 18.2 Å². The predicted octanol–water partition coefficient (Wildman–Crippen LogP) is 6.72. The van der Waals surface area contributed by atoms with E-state index in [0.29, 0.717) is 22.8 Å². The standard InChI is InChI=1S/C22H19Cl2F3N2O3S2/c23-12-5-11(6-13(24)7-12)21(22(25,26)27)8-17(29-32-21)18-15-3-1-2-4-16(15)19(34-18)31-20(30)28-14-9-33-10-14/h5-7,14H,1-4,8-10H2,(H,28,30). The summed E-state index contributed by atoms with van der Waals surface area (Å²) in [6.45, 7) is 0. The zero-order chi connectivity index (χ0) is 24.1. The third-order valence-corrected chi connectivity index (χ3v) is 9.02. The molecule has 3 aliphatic rings. The summed E-state index contributed by atoms with van der Waals surface area (Å²) in [7, 11) is 0. The molecule has 0 bridgehead atoms. The Kier molecular flexibility index (Phi) is 6.46. The Morgan fingerprint density at radius 2 is 1.82 bits per heavy atom. The Bertz CT molecular complexity index is 1150. The summed E-state index contributed by atoms with van der Waals surface area (Å²) in [5, 5.41) is 7.26. The minimum atomic E-state index is -4.77. The number of nitrogens with one attached hydrogen (secondary N) is 1. The first kappa shape index (κ1) is 24.1. The lowest BCUT2D eigenvalue weighted by Gasteiger charge is -2.29. The van der Waals surface area contributed by atoms with Crippen LogP contribution in [0.5, 0.6) is 5.06 Å². The number of rotatable bonds is 4. The molecule has 2 aromatic rings. The van der Waals surface area contributed by atoms with Crippen molar-refractivity contribution in [3.63, 3.8) is 0 Å². The highest BCUT2D eigenvalue weighted by Crippen LogP contribution is 2.51. The topological polar surface area (TPSA) is 59.9 Å². The largest absolute Gasteiger partial charge is 0.435 e. The van der Waals surface area contributed by atoms with E-state index in [4.69, 9.17) is 32.8 Å². The second-order valence-corrected chi connectivity index (χ2v) is 11.4. The van der Waals surface area contributed by atoms with Gasteiger partial charge in [-0.2, -0.15) is 24.9 Å². The van der Waals surface area contributed by atoms with E-state index in [-0.39, 0.29) is 27.4 Å². The van der Waals surface area contributed by atoms with Gasteiger partial charge in [0.15, 0.2) is 5.06 Å². The number of benzene rings is 1. The van der Waals surface area contributed by atoms with Crippen LogP contribution in [0.1, 0.15) is 40.8 Å². The number of hydrogen-bond acceptors (Lipinski definition) is 6. The van der Waals surface area contributed by atoms with E-state index < -0.39 is 24.3 Å². The maximum Gasteiger partial charge on any atom is 0.435 e. The smallest absolute Gasteiger partial charge is 0.399 e. The zero-order valence-corrected chi connectivity index (χ0v) is 20.8. The highest BCUT2D eigenvalue weighted by molar-refractivity contribution is 8.00. The molecule has 2 aliphatic heterocycles. The van der Waals surface area contributed by atoms with Gasteiger partial charge in [0.2, 0.25) is 0 Å². The maximum atomic E-state index is 14.4. The molecule has 1 amide bonds. The van der Waals surface area contributed by atoms with Crippen molar-refractivity contribution in [2.24, 2.45) is 5.16 Å². The minimum Gasteiger partial charge on any atom is -0.399 e. The number of thioether (sulfide) groups is 1. The molecular formula is C22H19Cl2F3N2O3S2. The van der Waals surface area contributed by atoms with E-state index in [0.717, 1.165) is 46.8 Å². The molecule has 0 spiro atoms. The van der Waals surface area contributed by atoms with Crippen molar-refractivity contribution >= 4 is 58.1 Å². The molecule has 12 heteroatoms. The lowest BCUT2D eigenvalue weighted by atomic mass is 9.86. The zero-order valence-electron chi connectivity index (χ0n) is 17.6. The van der Waals surface area contributed by atoms with Crippen LogP contribution < -0.4 is 10.1 Å². The number of nitrogens with zero attached hydrogens (tertiary/aromatic N) is 1. The first-order valence-electron chi connectivity index (χ1n) is 10.7. The first-order valence-corrected chi connectivity index (χ1v) is 13.4.